The van der Waals surface area contributed by atoms with E-state index in [0.29, 0.717) is 6.04 Å². The zero-order valence-corrected chi connectivity index (χ0v) is 10.8. The quantitative estimate of drug-likeness (QED) is 0.540. The van der Waals surface area contributed by atoms with Gasteiger partial charge in [0.1, 0.15) is 0 Å². The maximum absolute atomic E-state index is 10.6. The molecule has 1 fully saturated rings. The summed E-state index contributed by atoms with van der Waals surface area (Å²) in [5, 5.41) is 8.75. The van der Waals surface area contributed by atoms with Gasteiger partial charge in [-0.25, -0.2) is 0 Å². The Bertz CT molecular complexity index is 248. The van der Waals surface area contributed by atoms with Gasteiger partial charge >= 0.3 is 5.97 Å². The Morgan fingerprint density at radius 1 is 1.53 bits per heavy atom. The molecule has 98 valence electrons. The highest BCUT2D eigenvalue weighted by atomic mass is 16.4. The van der Waals surface area contributed by atoms with E-state index in [-0.39, 0.29) is 6.54 Å². The van der Waals surface area contributed by atoms with Gasteiger partial charge in [-0.3, -0.25) is 9.69 Å². The predicted octanol–water partition coefficient (Wildman–Crippen LogP) is 1.43. The number of rotatable bonds is 7. The van der Waals surface area contributed by atoms with Crippen LogP contribution in [-0.2, 0) is 4.79 Å². The Kier molecular flexibility index (Phi) is 6.22. The third-order valence-electron chi connectivity index (χ3n) is 3.45. The van der Waals surface area contributed by atoms with Crippen molar-refractivity contribution in [1.82, 2.24) is 9.80 Å². The summed E-state index contributed by atoms with van der Waals surface area (Å²) in [4.78, 5) is 15.1. The normalized spacial score (nSPS) is 18.5. The van der Waals surface area contributed by atoms with E-state index in [1.54, 1.807) is 0 Å². The Labute approximate surface area is 104 Å². The van der Waals surface area contributed by atoms with Crippen molar-refractivity contribution < 1.29 is 9.90 Å². The number of likely N-dealkylation sites (N-methyl/N-ethyl adjacent to an activating group) is 1. The molecule has 0 spiro atoms. The molecule has 1 rings (SSSR count). The van der Waals surface area contributed by atoms with E-state index in [1.165, 1.54) is 6.42 Å². The fraction of sp³-hybridized carbons (Fsp3) is 0.769. The Morgan fingerprint density at radius 2 is 2.18 bits per heavy atom. The second-order valence-electron chi connectivity index (χ2n) is 4.81. The monoisotopic (exact) mass is 240 g/mol. The summed E-state index contributed by atoms with van der Waals surface area (Å²) >= 11 is 0. The van der Waals surface area contributed by atoms with Crippen LogP contribution in [-0.4, -0.2) is 60.1 Å². The number of unbranched alkanes of at least 4 members (excludes halogenated alkanes) is 1. The Hall–Kier alpha value is -0.870. The van der Waals surface area contributed by atoms with Crippen LogP contribution in [0.2, 0.25) is 0 Å². The van der Waals surface area contributed by atoms with E-state index < -0.39 is 5.97 Å². The van der Waals surface area contributed by atoms with E-state index in [0.717, 1.165) is 38.9 Å². The lowest BCUT2D eigenvalue weighted by atomic mass is 10.0. The van der Waals surface area contributed by atoms with Gasteiger partial charge in [0.25, 0.3) is 0 Å². The molecule has 0 atom stereocenters. The lowest BCUT2D eigenvalue weighted by Crippen LogP contribution is -2.45. The fourth-order valence-electron chi connectivity index (χ4n) is 2.39. The summed E-state index contributed by atoms with van der Waals surface area (Å²) < 4.78 is 0. The number of carboxylic acid groups (broad SMARTS) is 1. The molecule has 4 nitrogen and oxygen atoms in total. The average Bonchev–Trinajstić information content (AvgIpc) is 2.29. The molecule has 1 aliphatic rings. The first-order valence-electron chi connectivity index (χ1n) is 6.38. The minimum atomic E-state index is -0.735. The van der Waals surface area contributed by atoms with Crippen molar-refractivity contribution in [2.24, 2.45) is 0 Å². The number of hydrogen-bond acceptors (Lipinski definition) is 3. The van der Waals surface area contributed by atoms with Gasteiger partial charge < -0.3 is 10.0 Å². The topological polar surface area (TPSA) is 43.8 Å². The number of likely N-dealkylation sites (tertiary alicyclic amines) is 1. The first-order chi connectivity index (χ1) is 8.13. The SMILES string of the molecule is C=CCCCN1CCC(N(C)CC(=O)O)CC1. The molecule has 4 heteroatoms. The molecule has 0 aromatic rings. The number of piperidine rings is 1. The molecule has 17 heavy (non-hydrogen) atoms. The van der Waals surface area contributed by atoms with E-state index in [1.807, 2.05) is 18.0 Å². The Balaban J connectivity index is 2.20. The molecule has 1 N–H and O–H groups in total. The van der Waals surface area contributed by atoms with Crippen molar-refractivity contribution in [1.29, 1.82) is 0 Å². The molecule has 1 saturated heterocycles. The zero-order chi connectivity index (χ0) is 12.7. The smallest absolute Gasteiger partial charge is 0.317 e. The van der Waals surface area contributed by atoms with Gasteiger partial charge in [0.2, 0.25) is 0 Å². The van der Waals surface area contributed by atoms with Crippen molar-refractivity contribution in [2.45, 2.75) is 31.7 Å². The molecular formula is C13H24N2O2. The molecule has 0 aromatic heterocycles. The third-order valence-corrected chi connectivity index (χ3v) is 3.45. The number of nitrogens with zero attached hydrogens (tertiary/aromatic N) is 2. The van der Waals surface area contributed by atoms with Crippen molar-refractivity contribution >= 4 is 5.97 Å². The minimum Gasteiger partial charge on any atom is -0.480 e. The summed E-state index contributed by atoms with van der Waals surface area (Å²) in [5.41, 5.74) is 0. The molecule has 0 unspecified atom stereocenters. The van der Waals surface area contributed by atoms with Gasteiger partial charge in [0.15, 0.2) is 0 Å². The second kappa shape index (κ2) is 7.45. The predicted molar refractivity (Wildman–Crippen MR) is 69.2 cm³/mol. The fourth-order valence-corrected chi connectivity index (χ4v) is 2.39. The van der Waals surface area contributed by atoms with Crippen LogP contribution >= 0.6 is 0 Å². The number of hydrogen-bond donors (Lipinski definition) is 1. The molecule has 0 radical (unpaired) electrons. The van der Waals surface area contributed by atoms with Crippen LogP contribution in [0.25, 0.3) is 0 Å². The highest BCUT2D eigenvalue weighted by Crippen LogP contribution is 2.15. The van der Waals surface area contributed by atoms with Crippen LogP contribution in [0.15, 0.2) is 12.7 Å². The summed E-state index contributed by atoms with van der Waals surface area (Å²) in [6.07, 6.45) is 6.39. The average molecular weight is 240 g/mol. The largest absolute Gasteiger partial charge is 0.480 e. The second-order valence-corrected chi connectivity index (χ2v) is 4.81. The molecule has 0 amide bonds. The van der Waals surface area contributed by atoms with Crippen LogP contribution in [0.3, 0.4) is 0 Å². The van der Waals surface area contributed by atoms with Crippen molar-refractivity contribution in [2.75, 3.05) is 33.2 Å². The summed E-state index contributed by atoms with van der Waals surface area (Å²) in [7, 11) is 1.91. The standard InChI is InChI=1S/C13H24N2O2/c1-3-4-5-8-15-9-6-12(7-10-15)14(2)11-13(16)17/h3,12H,1,4-11H2,2H3,(H,16,17). The van der Waals surface area contributed by atoms with E-state index in [2.05, 4.69) is 11.5 Å². The maximum atomic E-state index is 10.6. The van der Waals surface area contributed by atoms with Gasteiger partial charge in [-0.2, -0.15) is 0 Å². The number of carbonyl (C=O) groups is 1. The van der Waals surface area contributed by atoms with Crippen molar-refractivity contribution in [3.05, 3.63) is 12.7 Å². The third kappa shape index (κ3) is 5.33. The molecule has 1 heterocycles. The minimum absolute atomic E-state index is 0.154. The maximum Gasteiger partial charge on any atom is 0.317 e. The van der Waals surface area contributed by atoms with E-state index in [4.69, 9.17) is 5.11 Å². The number of aliphatic carboxylic acids is 1. The van der Waals surface area contributed by atoms with Crippen LogP contribution in [0.1, 0.15) is 25.7 Å². The first kappa shape index (κ1) is 14.2. The van der Waals surface area contributed by atoms with Gasteiger partial charge in [-0.1, -0.05) is 6.08 Å². The molecule has 0 bridgehead atoms. The van der Waals surface area contributed by atoms with E-state index in [9.17, 15) is 4.79 Å². The lowest BCUT2D eigenvalue weighted by Gasteiger charge is -2.36. The van der Waals surface area contributed by atoms with Gasteiger partial charge in [-0.15, -0.1) is 6.58 Å². The highest BCUT2D eigenvalue weighted by Gasteiger charge is 2.22. The van der Waals surface area contributed by atoms with Gasteiger partial charge in [0.05, 0.1) is 6.54 Å². The van der Waals surface area contributed by atoms with Crippen LogP contribution in [0.5, 0.6) is 0 Å². The van der Waals surface area contributed by atoms with Crippen LogP contribution < -0.4 is 0 Å². The first-order valence-corrected chi connectivity index (χ1v) is 6.38. The van der Waals surface area contributed by atoms with Crippen molar-refractivity contribution in [3.8, 4) is 0 Å². The van der Waals surface area contributed by atoms with Gasteiger partial charge in [-0.05, 0) is 52.4 Å². The molecular weight excluding hydrogens is 216 g/mol. The number of allylic oxidation sites excluding steroid dienone is 1. The van der Waals surface area contributed by atoms with Crippen molar-refractivity contribution in [3.63, 3.8) is 0 Å². The summed E-state index contributed by atoms with van der Waals surface area (Å²) in [6.45, 7) is 7.20. The van der Waals surface area contributed by atoms with Gasteiger partial charge in [0, 0.05) is 6.04 Å². The lowest BCUT2D eigenvalue weighted by molar-refractivity contribution is -0.138. The molecule has 0 aliphatic carbocycles. The highest BCUT2D eigenvalue weighted by molar-refractivity contribution is 5.69. The molecule has 1 aliphatic heterocycles. The van der Waals surface area contributed by atoms with Crippen LogP contribution in [0, 0.1) is 0 Å². The summed E-state index contributed by atoms with van der Waals surface area (Å²) in [6, 6.07) is 0.432. The summed E-state index contributed by atoms with van der Waals surface area (Å²) in [5.74, 6) is -0.735. The zero-order valence-electron chi connectivity index (χ0n) is 10.8. The Morgan fingerprint density at radius 3 is 2.71 bits per heavy atom. The molecule has 0 aromatic carbocycles. The van der Waals surface area contributed by atoms with Crippen LogP contribution in [0.4, 0.5) is 0 Å². The van der Waals surface area contributed by atoms with E-state index >= 15 is 0 Å². The molecule has 0 saturated carbocycles. The number of carboxylic acids is 1.